The number of rotatable bonds is 11. The summed E-state index contributed by atoms with van der Waals surface area (Å²) in [6, 6.07) is 21.4. The fourth-order valence-corrected chi connectivity index (χ4v) is 6.25. The fraction of sp³-hybridized carbons (Fsp3) is 0.222. The van der Waals surface area contributed by atoms with E-state index in [2.05, 4.69) is 79.9 Å². The highest BCUT2D eigenvalue weighted by atomic mass is 16.5. The first-order valence-electron chi connectivity index (χ1n) is 15.3. The molecule has 4 heterocycles. The average Bonchev–Trinajstić information content (AvgIpc) is 3.81. The van der Waals surface area contributed by atoms with Gasteiger partial charge < -0.3 is 24.9 Å². The van der Waals surface area contributed by atoms with Crippen molar-refractivity contribution in [3.8, 4) is 5.75 Å². The number of H-pyrrole nitrogens is 1. The van der Waals surface area contributed by atoms with Crippen LogP contribution in [0.15, 0.2) is 115 Å². The van der Waals surface area contributed by atoms with E-state index in [9.17, 15) is 4.79 Å². The number of hydrogen-bond donors (Lipinski definition) is 3. The van der Waals surface area contributed by atoms with Crippen molar-refractivity contribution < 1.29 is 9.53 Å². The van der Waals surface area contributed by atoms with E-state index in [4.69, 9.17) is 14.9 Å². The molecule has 2 unspecified atom stereocenters. The molecule has 7 rings (SSSR count). The van der Waals surface area contributed by atoms with Gasteiger partial charge in [-0.25, -0.2) is 0 Å². The van der Waals surface area contributed by atoms with Crippen LogP contribution in [0.1, 0.15) is 45.7 Å². The minimum Gasteiger partial charge on any atom is -0.497 e. The molecule has 9 heteroatoms. The summed E-state index contributed by atoms with van der Waals surface area (Å²) in [4.78, 5) is 21.2. The molecule has 0 saturated heterocycles. The van der Waals surface area contributed by atoms with E-state index in [0.29, 0.717) is 42.9 Å². The number of allylic oxidation sites excluding steroid dienone is 2. The summed E-state index contributed by atoms with van der Waals surface area (Å²) in [6.07, 6.45) is 16.5. The number of aromatic amines is 1. The Balaban J connectivity index is 1.24. The van der Waals surface area contributed by atoms with Crippen molar-refractivity contribution >= 4 is 16.8 Å². The van der Waals surface area contributed by atoms with E-state index in [1.807, 2.05) is 36.5 Å². The van der Waals surface area contributed by atoms with E-state index >= 15 is 0 Å². The van der Waals surface area contributed by atoms with Crippen molar-refractivity contribution in [3.63, 3.8) is 0 Å². The third kappa shape index (κ3) is 6.02. The lowest BCUT2D eigenvalue weighted by molar-refractivity contribution is 0.0929. The quantitative estimate of drug-likeness (QED) is 0.187. The second-order valence-electron chi connectivity index (χ2n) is 11.4. The minimum absolute atomic E-state index is 0.258. The van der Waals surface area contributed by atoms with Crippen LogP contribution >= 0.6 is 0 Å². The van der Waals surface area contributed by atoms with Gasteiger partial charge in [-0.1, -0.05) is 60.7 Å². The third-order valence-electron chi connectivity index (χ3n) is 8.63. The zero-order valence-electron chi connectivity index (χ0n) is 25.1. The Hall–Kier alpha value is -5.44. The number of carbonyl (C=O) groups excluding carboxylic acids is 1. The van der Waals surface area contributed by atoms with Gasteiger partial charge in [0.05, 0.1) is 25.7 Å². The summed E-state index contributed by atoms with van der Waals surface area (Å²) in [5, 5.41) is 17.4. The largest absolute Gasteiger partial charge is 0.497 e. The van der Waals surface area contributed by atoms with Crippen LogP contribution in [-0.2, 0) is 19.4 Å². The maximum Gasteiger partial charge on any atom is 0.270 e. The molecule has 0 bridgehead atoms. The molecule has 3 aromatic heterocycles. The maximum atomic E-state index is 13.5. The van der Waals surface area contributed by atoms with Gasteiger partial charge in [-0.05, 0) is 59.7 Å². The summed E-state index contributed by atoms with van der Waals surface area (Å²) in [6.45, 7) is 0.553. The van der Waals surface area contributed by atoms with Gasteiger partial charge in [-0.15, -0.1) is 10.2 Å². The summed E-state index contributed by atoms with van der Waals surface area (Å²) >= 11 is 0. The van der Waals surface area contributed by atoms with E-state index in [1.54, 1.807) is 25.4 Å². The first-order valence-corrected chi connectivity index (χ1v) is 15.3. The SMILES string of the molecule is COc1ccc(Cn2c(CCC3=CNC4C=CC=CC34)nnc2[C@@H](Cc2c[nH]c3ccccc23)NC(=O)c2ccccn2)cc1. The molecule has 1 aliphatic heterocycles. The van der Waals surface area contributed by atoms with E-state index in [-0.39, 0.29) is 5.91 Å². The predicted octanol–water partition coefficient (Wildman–Crippen LogP) is 5.46. The lowest BCUT2D eigenvalue weighted by Crippen LogP contribution is -2.33. The Morgan fingerprint density at radius 1 is 1.00 bits per heavy atom. The number of methoxy groups -OCH3 is 1. The second-order valence-corrected chi connectivity index (χ2v) is 11.4. The molecular formula is C36H35N7O2. The average molecular weight is 598 g/mol. The summed E-state index contributed by atoms with van der Waals surface area (Å²) in [5.41, 5.74) is 4.92. The van der Waals surface area contributed by atoms with Gasteiger partial charge in [0.25, 0.3) is 5.91 Å². The Morgan fingerprint density at radius 3 is 2.69 bits per heavy atom. The number of para-hydroxylation sites is 1. The molecule has 2 aliphatic rings. The number of pyridine rings is 1. The predicted molar refractivity (Wildman–Crippen MR) is 174 cm³/mol. The molecule has 0 radical (unpaired) electrons. The van der Waals surface area contributed by atoms with Crippen molar-refractivity contribution in [2.45, 2.75) is 37.9 Å². The molecular weight excluding hydrogens is 562 g/mol. The molecule has 0 fully saturated rings. The van der Waals surface area contributed by atoms with Gasteiger partial charge >= 0.3 is 0 Å². The summed E-state index contributed by atoms with van der Waals surface area (Å²) < 4.78 is 7.56. The lowest BCUT2D eigenvalue weighted by atomic mass is 9.89. The Labute approximate surface area is 261 Å². The first-order chi connectivity index (χ1) is 22.2. The van der Waals surface area contributed by atoms with Crippen LogP contribution in [0.3, 0.4) is 0 Å². The Kier molecular flexibility index (Phi) is 7.97. The normalized spacial score (nSPS) is 17.5. The van der Waals surface area contributed by atoms with Crippen LogP contribution in [0.5, 0.6) is 5.75 Å². The zero-order chi connectivity index (χ0) is 30.6. The number of fused-ring (bicyclic) bond motifs is 2. The van der Waals surface area contributed by atoms with Gasteiger partial charge in [-0.2, -0.15) is 0 Å². The summed E-state index contributed by atoms with van der Waals surface area (Å²) in [5.74, 6) is 2.46. The molecule has 3 atom stereocenters. The minimum atomic E-state index is -0.457. The topological polar surface area (TPSA) is 110 Å². The monoisotopic (exact) mass is 597 g/mol. The number of ether oxygens (including phenoxy) is 1. The van der Waals surface area contributed by atoms with Crippen LogP contribution in [0.25, 0.3) is 10.9 Å². The van der Waals surface area contributed by atoms with E-state index < -0.39 is 6.04 Å². The molecule has 1 aliphatic carbocycles. The number of hydrogen-bond acceptors (Lipinski definition) is 6. The number of benzene rings is 2. The van der Waals surface area contributed by atoms with Crippen LogP contribution in [0.4, 0.5) is 0 Å². The molecule has 2 aromatic carbocycles. The van der Waals surface area contributed by atoms with Crippen molar-refractivity contribution in [3.05, 3.63) is 144 Å². The molecule has 5 aromatic rings. The van der Waals surface area contributed by atoms with Gasteiger partial charge in [0.15, 0.2) is 5.82 Å². The number of carbonyl (C=O) groups is 1. The molecule has 226 valence electrons. The van der Waals surface area contributed by atoms with Crippen molar-refractivity contribution in [2.75, 3.05) is 7.11 Å². The summed E-state index contributed by atoms with van der Waals surface area (Å²) in [7, 11) is 1.67. The van der Waals surface area contributed by atoms with E-state index in [1.165, 1.54) is 5.57 Å². The van der Waals surface area contributed by atoms with Crippen molar-refractivity contribution in [1.82, 2.24) is 35.4 Å². The molecule has 0 saturated carbocycles. The smallest absolute Gasteiger partial charge is 0.270 e. The van der Waals surface area contributed by atoms with Crippen LogP contribution in [0.2, 0.25) is 0 Å². The van der Waals surface area contributed by atoms with Gasteiger partial charge in [-0.3, -0.25) is 9.78 Å². The number of aromatic nitrogens is 5. The number of aryl methyl sites for hydroxylation is 1. The lowest BCUT2D eigenvalue weighted by Gasteiger charge is -2.21. The van der Waals surface area contributed by atoms with Gasteiger partial charge in [0.1, 0.15) is 17.3 Å². The highest BCUT2D eigenvalue weighted by molar-refractivity contribution is 5.92. The number of amides is 1. The molecule has 45 heavy (non-hydrogen) atoms. The van der Waals surface area contributed by atoms with E-state index in [0.717, 1.165) is 40.0 Å². The number of nitrogens with zero attached hydrogens (tertiary/aromatic N) is 4. The van der Waals surface area contributed by atoms with Crippen molar-refractivity contribution in [1.29, 1.82) is 0 Å². The zero-order valence-corrected chi connectivity index (χ0v) is 25.1. The standard InChI is InChI=1S/C36H35N7O2/c1-45-27-16-13-24(14-17-27)23-43-34(18-15-25-21-38-30-10-4-2-8-28(25)30)41-42-35(43)33(40-36(44)32-12-6-7-19-37-32)20-26-22-39-31-11-5-3-9-29(26)31/h2-14,16-17,19,21-22,28,30,33,38-39H,15,18,20,23H2,1H3,(H,40,44)/t28?,30?,33-/m1/s1. The van der Waals surface area contributed by atoms with Crippen LogP contribution in [-0.4, -0.2) is 43.8 Å². The highest BCUT2D eigenvalue weighted by Gasteiger charge is 2.29. The van der Waals surface area contributed by atoms with Gasteiger partial charge in [0.2, 0.25) is 0 Å². The molecule has 3 N–H and O–H groups in total. The van der Waals surface area contributed by atoms with Crippen LogP contribution in [0, 0.1) is 5.92 Å². The molecule has 1 amide bonds. The Morgan fingerprint density at radius 2 is 1.84 bits per heavy atom. The molecule has 9 nitrogen and oxygen atoms in total. The third-order valence-corrected chi connectivity index (χ3v) is 8.63. The van der Waals surface area contributed by atoms with Crippen molar-refractivity contribution in [2.24, 2.45) is 5.92 Å². The van der Waals surface area contributed by atoms with Gasteiger partial charge in [0, 0.05) is 42.1 Å². The van der Waals surface area contributed by atoms with Crippen LogP contribution < -0.4 is 15.4 Å². The molecule has 0 spiro atoms. The number of nitrogens with one attached hydrogen (secondary N) is 3. The highest BCUT2D eigenvalue weighted by Crippen LogP contribution is 2.30. The fourth-order valence-electron chi connectivity index (χ4n) is 6.25. The Bertz CT molecular complexity index is 1890. The first kappa shape index (κ1) is 28.3. The maximum absolute atomic E-state index is 13.5. The second kappa shape index (κ2) is 12.7.